The van der Waals surface area contributed by atoms with E-state index < -0.39 is 0 Å². The number of aromatic nitrogens is 2. The number of hydrogen-bond donors (Lipinski definition) is 2. The summed E-state index contributed by atoms with van der Waals surface area (Å²) in [6, 6.07) is 1.13. The van der Waals surface area contributed by atoms with Gasteiger partial charge in [-0.25, -0.2) is 4.98 Å². The zero-order chi connectivity index (χ0) is 17.4. The summed E-state index contributed by atoms with van der Waals surface area (Å²) in [7, 11) is 0. The Kier molecular flexibility index (Phi) is 4.29. The zero-order valence-electron chi connectivity index (χ0n) is 14.0. The topological polar surface area (TPSA) is 104 Å². The average molecular weight is 346 g/mol. The molecule has 2 amide bonds. The van der Waals surface area contributed by atoms with E-state index in [0.29, 0.717) is 25.5 Å². The van der Waals surface area contributed by atoms with Gasteiger partial charge < -0.3 is 19.9 Å². The molecule has 2 N–H and O–H groups in total. The summed E-state index contributed by atoms with van der Waals surface area (Å²) < 4.78 is 5.36. The smallest absolute Gasteiger partial charge is 0.270 e. The molecule has 1 aromatic rings. The molecule has 2 saturated heterocycles. The fourth-order valence-corrected chi connectivity index (χ4v) is 3.35. The predicted molar refractivity (Wildman–Crippen MR) is 88.2 cm³/mol. The minimum absolute atomic E-state index is 0.0548. The lowest BCUT2D eigenvalue weighted by Crippen LogP contribution is -2.62. The van der Waals surface area contributed by atoms with E-state index in [2.05, 4.69) is 15.3 Å². The van der Waals surface area contributed by atoms with Gasteiger partial charge in [0.15, 0.2) is 0 Å². The standard InChI is InChI=1S/C17H22N4O4/c22-14-6-13(19-15(20-14)10-3-4-10)16(23)18-12-7-21(8-12)17(24)11-2-1-5-25-9-11/h6,10-12H,1-5,7-9H2,(H,18,23)(H,19,20,22). The van der Waals surface area contributed by atoms with Crippen LogP contribution in [-0.2, 0) is 9.53 Å². The van der Waals surface area contributed by atoms with Crippen LogP contribution in [0.2, 0.25) is 0 Å². The fraction of sp³-hybridized carbons (Fsp3) is 0.647. The maximum Gasteiger partial charge on any atom is 0.270 e. The van der Waals surface area contributed by atoms with Crippen molar-refractivity contribution < 1.29 is 14.3 Å². The summed E-state index contributed by atoms with van der Waals surface area (Å²) in [4.78, 5) is 45.1. The Hall–Kier alpha value is -2.22. The second-order valence-corrected chi connectivity index (χ2v) is 7.12. The molecule has 25 heavy (non-hydrogen) atoms. The Morgan fingerprint density at radius 3 is 2.76 bits per heavy atom. The third-order valence-electron chi connectivity index (χ3n) is 4.99. The van der Waals surface area contributed by atoms with Gasteiger partial charge in [-0.3, -0.25) is 14.4 Å². The van der Waals surface area contributed by atoms with Crippen LogP contribution in [0, 0.1) is 5.92 Å². The van der Waals surface area contributed by atoms with Crippen LogP contribution in [0.4, 0.5) is 0 Å². The van der Waals surface area contributed by atoms with Gasteiger partial charge in [0.25, 0.3) is 11.5 Å². The van der Waals surface area contributed by atoms with E-state index in [1.807, 2.05) is 0 Å². The first-order valence-corrected chi connectivity index (χ1v) is 8.89. The summed E-state index contributed by atoms with van der Waals surface area (Å²) in [5.41, 5.74) is -0.152. The van der Waals surface area contributed by atoms with E-state index >= 15 is 0 Å². The van der Waals surface area contributed by atoms with Crippen molar-refractivity contribution in [1.29, 1.82) is 0 Å². The molecular weight excluding hydrogens is 324 g/mol. The number of nitrogens with one attached hydrogen (secondary N) is 2. The lowest BCUT2D eigenvalue weighted by molar-refractivity contribution is -0.144. The van der Waals surface area contributed by atoms with Crippen molar-refractivity contribution >= 4 is 11.8 Å². The number of ether oxygens (including phenoxy) is 1. The van der Waals surface area contributed by atoms with Gasteiger partial charge in [-0.15, -0.1) is 0 Å². The summed E-state index contributed by atoms with van der Waals surface area (Å²) in [6.07, 6.45) is 3.78. The molecule has 0 aromatic carbocycles. The van der Waals surface area contributed by atoms with Gasteiger partial charge in [0, 0.05) is 31.7 Å². The molecule has 4 rings (SSSR count). The molecule has 3 heterocycles. The summed E-state index contributed by atoms with van der Waals surface area (Å²) in [6.45, 7) is 2.22. The second kappa shape index (κ2) is 6.59. The minimum atomic E-state index is -0.355. The number of carbonyl (C=O) groups excluding carboxylic acids is 2. The third kappa shape index (κ3) is 3.58. The van der Waals surface area contributed by atoms with Crippen LogP contribution in [0.15, 0.2) is 10.9 Å². The lowest BCUT2D eigenvalue weighted by Gasteiger charge is -2.41. The fourth-order valence-electron chi connectivity index (χ4n) is 3.35. The number of hydrogen-bond acceptors (Lipinski definition) is 5. The highest BCUT2D eigenvalue weighted by Gasteiger charge is 2.36. The Morgan fingerprint density at radius 2 is 2.08 bits per heavy atom. The first kappa shape index (κ1) is 16.3. The molecule has 8 nitrogen and oxygen atoms in total. The Bertz CT molecular complexity index is 730. The molecule has 1 saturated carbocycles. The van der Waals surface area contributed by atoms with Gasteiger partial charge >= 0.3 is 0 Å². The normalized spacial score (nSPS) is 23.8. The van der Waals surface area contributed by atoms with Gasteiger partial charge in [0.05, 0.1) is 18.6 Å². The number of nitrogens with zero attached hydrogens (tertiary/aromatic N) is 2. The van der Waals surface area contributed by atoms with Crippen LogP contribution in [0.3, 0.4) is 0 Å². The molecule has 1 unspecified atom stereocenters. The monoisotopic (exact) mass is 346 g/mol. The largest absolute Gasteiger partial charge is 0.381 e. The predicted octanol–water partition coefficient (Wildman–Crippen LogP) is 0.0145. The highest BCUT2D eigenvalue weighted by molar-refractivity contribution is 5.92. The van der Waals surface area contributed by atoms with Crippen LogP contribution < -0.4 is 10.9 Å². The van der Waals surface area contributed by atoms with Crippen molar-refractivity contribution in [2.45, 2.75) is 37.6 Å². The molecule has 1 atom stereocenters. The molecule has 134 valence electrons. The summed E-state index contributed by atoms with van der Waals surface area (Å²) >= 11 is 0. The van der Waals surface area contributed by atoms with Crippen molar-refractivity contribution in [2.75, 3.05) is 26.3 Å². The van der Waals surface area contributed by atoms with E-state index in [0.717, 1.165) is 32.3 Å². The number of rotatable bonds is 4. The van der Waals surface area contributed by atoms with E-state index in [-0.39, 0.29) is 40.9 Å². The van der Waals surface area contributed by atoms with Gasteiger partial charge in [-0.05, 0) is 25.7 Å². The number of H-pyrrole nitrogens is 1. The molecular formula is C17H22N4O4. The number of likely N-dealkylation sites (tertiary alicyclic amines) is 1. The molecule has 0 bridgehead atoms. The lowest BCUT2D eigenvalue weighted by atomic mass is 9.97. The van der Waals surface area contributed by atoms with Crippen molar-refractivity contribution in [2.24, 2.45) is 5.92 Å². The molecule has 1 aromatic heterocycles. The second-order valence-electron chi connectivity index (χ2n) is 7.12. The van der Waals surface area contributed by atoms with Crippen molar-refractivity contribution in [1.82, 2.24) is 20.2 Å². The van der Waals surface area contributed by atoms with E-state index in [9.17, 15) is 14.4 Å². The van der Waals surface area contributed by atoms with E-state index in [1.165, 1.54) is 6.07 Å². The molecule has 0 radical (unpaired) electrons. The van der Waals surface area contributed by atoms with Crippen molar-refractivity contribution in [3.05, 3.63) is 27.9 Å². The Labute approximate surface area is 145 Å². The number of aromatic amines is 1. The van der Waals surface area contributed by atoms with Crippen LogP contribution in [0.25, 0.3) is 0 Å². The number of carbonyl (C=O) groups is 2. The molecule has 8 heteroatoms. The zero-order valence-corrected chi connectivity index (χ0v) is 14.0. The van der Waals surface area contributed by atoms with Crippen LogP contribution in [0.5, 0.6) is 0 Å². The molecule has 2 aliphatic heterocycles. The quantitative estimate of drug-likeness (QED) is 0.799. The molecule has 3 fully saturated rings. The maximum absolute atomic E-state index is 12.3. The first-order valence-electron chi connectivity index (χ1n) is 8.89. The molecule has 0 spiro atoms. The van der Waals surface area contributed by atoms with E-state index in [4.69, 9.17) is 4.74 Å². The highest BCUT2D eigenvalue weighted by atomic mass is 16.5. The third-order valence-corrected chi connectivity index (χ3v) is 4.99. The van der Waals surface area contributed by atoms with Crippen LogP contribution in [-0.4, -0.2) is 59.0 Å². The van der Waals surface area contributed by atoms with Gasteiger partial charge in [-0.1, -0.05) is 0 Å². The Morgan fingerprint density at radius 1 is 1.28 bits per heavy atom. The van der Waals surface area contributed by atoms with Gasteiger partial charge in [0.1, 0.15) is 11.5 Å². The van der Waals surface area contributed by atoms with Crippen LogP contribution >= 0.6 is 0 Å². The van der Waals surface area contributed by atoms with Crippen molar-refractivity contribution in [3.8, 4) is 0 Å². The maximum atomic E-state index is 12.3. The van der Waals surface area contributed by atoms with Gasteiger partial charge in [-0.2, -0.15) is 0 Å². The highest BCUT2D eigenvalue weighted by Crippen LogP contribution is 2.37. The minimum Gasteiger partial charge on any atom is -0.381 e. The van der Waals surface area contributed by atoms with Crippen molar-refractivity contribution in [3.63, 3.8) is 0 Å². The Balaban J connectivity index is 1.31. The van der Waals surface area contributed by atoms with Gasteiger partial charge in [0.2, 0.25) is 5.91 Å². The SMILES string of the molecule is O=C(NC1CN(C(=O)C2CCCOC2)C1)c1cc(=O)[nH]c(C2CC2)n1. The first-order chi connectivity index (χ1) is 12.1. The molecule has 3 aliphatic rings. The summed E-state index contributed by atoms with van der Waals surface area (Å²) in [5, 5.41) is 2.85. The molecule has 1 aliphatic carbocycles. The number of amides is 2. The average Bonchev–Trinajstić information content (AvgIpc) is 3.42. The van der Waals surface area contributed by atoms with Crippen LogP contribution in [0.1, 0.15) is 47.9 Å². The van der Waals surface area contributed by atoms with E-state index in [1.54, 1.807) is 4.90 Å². The summed E-state index contributed by atoms with van der Waals surface area (Å²) in [5.74, 6) is 0.567.